The van der Waals surface area contributed by atoms with Crippen LogP contribution in [0.2, 0.25) is 0 Å². The van der Waals surface area contributed by atoms with E-state index in [0.29, 0.717) is 11.3 Å². The molecule has 1 heterocycles. The fraction of sp³-hybridized carbons (Fsp3) is 0.100. The van der Waals surface area contributed by atoms with Crippen LogP contribution in [0.4, 0.5) is 0 Å². The van der Waals surface area contributed by atoms with Gasteiger partial charge in [0, 0.05) is 5.56 Å². The summed E-state index contributed by atoms with van der Waals surface area (Å²) in [4.78, 5) is 3.98. The van der Waals surface area contributed by atoms with Crippen LogP contribution < -0.4 is 4.72 Å². The summed E-state index contributed by atoms with van der Waals surface area (Å²) in [5, 5.41) is 0. The molecule has 0 aliphatic carbocycles. The molecule has 0 atom stereocenters. The van der Waals surface area contributed by atoms with Gasteiger partial charge in [-0.05, 0) is 19.2 Å². The predicted molar refractivity (Wildman–Crippen MR) is 58.2 cm³/mol. The number of rotatable bonds is 3. The smallest absolute Gasteiger partial charge is 0.240 e. The van der Waals surface area contributed by atoms with Crippen molar-refractivity contribution in [1.29, 1.82) is 0 Å². The molecule has 16 heavy (non-hydrogen) atoms. The molecular weight excluding hydrogens is 228 g/mol. The molecule has 0 spiro atoms. The molecular formula is C10H10N2O3S. The molecule has 5 nitrogen and oxygen atoms in total. The Morgan fingerprint density at radius 3 is 2.81 bits per heavy atom. The van der Waals surface area contributed by atoms with E-state index in [9.17, 15) is 8.42 Å². The standard InChI is InChI=1S/C10H10N2O3S/c1-11-16(13,14)9-4-2-3-8(5-9)10-6-12-7-15-10/h2-7,11H,1H3. The molecule has 2 rings (SSSR count). The molecule has 0 fully saturated rings. The van der Waals surface area contributed by atoms with Crippen LogP contribution in [0.3, 0.4) is 0 Å². The Bertz CT molecular complexity index is 576. The van der Waals surface area contributed by atoms with E-state index in [0.717, 1.165) is 0 Å². The van der Waals surface area contributed by atoms with E-state index in [2.05, 4.69) is 9.71 Å². The molecule has 0 saturated heterocycles. The molecule has 6 heteroatoms. The summed E-state index contributed by atoms with van der Waals surface area (Å²) in [6.07, 6.45) is 2.83. The van der Waals surface area contributed by atoms with Gasteiger partial charge >= 0.3 is 0 Å². The van der Waals surface area contributed by atoms with Crippen molar-refractivity contribution >= 4 is 10.0 Å². The monoisotopic (exact) mass is 238 g/mol. The molecule has 0 aliphatic rings. The highest BCUT2D eigenvalue weighted by molar-refractivity contribution is 7.89. The second-order valence-electron chi connectivity index (χ2n) is 3.10. The topological polar surface area (TPSA) is 72.2 Å². The van der Waals surface area contributed by atoms with E-state index in [1.165, 1.54) is 31.8 Å². The van der Waals surface area contributed by atoms with Gasteiger partial charge in [-0.25, -0.2) is 18.1 Å². The number of hydrogen-bond acceptors (Lipinski definition) is 4. The van der Waals surface area contributed by atoms with Crippen LogP contribution in [-0.2, 0) is 10.0 Å². The predicted octanol–water partition coefficient (Wildman–Crippen LogP) is 1.25. The van der Waals surface area contributed by atoms with E-state index >= 15 is 0 Å². The number of oxazole rings is 1. The van der Waals surface area contributed by atoms with Gasteiger partial charge in [-0.15, -0.1) is 0 Å². The van der Waals surface area contributed by atoms with Gasteiger partial charge in [0.15, 0.2) is 12.2 Å². The highest BCUT2D eigenvalue weighted by atomic mass is 32.2. The summed E-state index contributed by atoms with van der Waals surface area (Å²) in [5.41, 5.74) is 0.675. The number of benzene rings is 1. The van der Waals surface area contributed by atoms with E-state index in [1.54, 1.807) is 12.1 Å². The fourth-order valence-electron chi connectivity index (χ4n) is 1.29. The summed E-state index contributed by atoms with van der Waals surface area (Å²) in [6, 6.07) is 6.47. The Hall–Kier alpha value is -1.66. The van der Waals surface area contributed by atoms with Gasteiger partial charge in [0.1, 0.15) is 0 Å². The lowest BCUT2D eigenvalue weighted by atomic mass is 10.2. The van der Waals surface area contributed by atoms with Crippen LogP contribution in [0.1, 0.15) is 0 Å². The zero-order valence-electron chi connectivity index (χ0n) is 8.54. The highest BCUT2D eigenvalue weighted by Crippen LogP contribution is 2.21. The number of aromatic nitrogens is 1. The van der Waals surface area contributed by atoms with E-state index in [4.69, 9.17) is 4.42 Å². The normalized spacial score (nSPS) is 11.6. The Kier molecular flexibility index (Phi) is 2.76. The second-order valence-corrected chi connectivity index (χ2v) is 4.99. The maximum absolute atomic E-state index is 11.6. The average molecular weight is 238 g/mol. The maximum atomic E-state index is 11.6. The van der Waals surface area contributed by atoms with E-state index in [1.807, 2.05) is 0 Å². The lowest BCUT2D eigenvalue weighted by Crippen LogP contribution is -2.18. The minimum Gasteiger partial charge on any atom is -0.444 e. The van der Waals surface area contributed by atoms with E-state index < -0.39 is 10.0 Å². The van der Waals surface area contributed by atoms with Crippen LogP contribution >= 0.6 is 0 Å². The number of nitrogens with one attached hydrogen (secondary N) is 1. The third-order valence-corrected chi connectivity index (χ3v) is 3.54. The van der Waals surface area contributed by atoms with Crippen molar-refractivity contribution in [3.8, 4) is 11.3 Å². The van der Waals surface area contributed by atoms with Crippen molar-refractivity contribution in [3.05, 3.63) is 36.9 Å². The second kappa shape index (κ2) is 4.07. The summed E-state index contributed by atoms with van der Waals surface area (Å²) in [7, 11) is -2.05. The SMILES string of the molecule is CNS(=O)(=O)c1cccc(-c2cnco2)c1. The van der Waals surface area contributed by atoms with Crippen molar-refractivity contribution in [2.24, 2.45) is 0 Å². The Morgan fingerprint density at radius 2 is 2.19 bits per heavy atom. The molecule has 1 N–H and O–H groups in total. The zero-order valence-corrected chi connectivity index (χ0v) is 9.36. The van der Waals surface area contributed by atoms with Crippen molar-refractivity contribution in [2.75, 3.05) is 7.05 Å². The first-order valence-corrected chi connectivity index (χ1v) is 6.04. The van der Waals surface area contributed by atoms with Gasteiger partial charge in [-0.2, -0.15) is 0 Å². The molecule has 0 saturated carbocycles. The first kappa shape index (κ1) is 10.8. The van der Waals surface area contributed by atoms with Crippen molar-refractivity contribution < 1.29 is 12.8 Å². The van der Waals surface area contributed by atoms with Crippen LogP contribution in [0.15, 0.2) is 46.2 Å². The minimum atomic E-state index is -3.42. The molecule has 0 radical (unpaired) electrons. The molecule has 0 bridgehead atoms. The number of nitrogens with zero attached hydrogens (tertiary/aromatic N) is 1. The van der Waals surface area contributed by atoms with Gasteiger partial charge < -0.3 is 4.42 Å². The number of sulfonamides is 1. The Morgan fingerprint density at radius 1 is 1.38 bits per heavy atom. The van der Waals surface area contributed by atoms with Crippen LogP contribution in [0.25, 0.3) is 11.3 Å². The first-order valence-electron chi connectivity index (χ1n) is 4.56. The molecule has 1 aromatic heterocycles. The number of hydrogen-bond donors (Lipinski definition) is 1. The fourth-order valence-corrected chi connectivity index (χ4v) is 2.07. The van der Waals surface area contributed by atoms with Crippen LogP contribution in [0, 0.1) is 0 Å². The van der Waals surface area contributed by atoms with Crippen molar-refractivity contribution in [2.45, 2.75) is 4.90 Å². The minimum absolute atomic E-state index is 0.198. The van der Waals surface area contributed by atoms with Gasteiger partial charge in [0.2, 0.25) is 10.0 Å². The van der Waals surface area contributed by atoms with Gasteiger partial charge in [0.05, 0.1) is 11.1 Å². The average Bonchev–Trinajstić information content (AvgIpc) is 2.83. The van der Waals surface area contributed by atoms with Crippen molar-refractivity contribution in [1.82, 2.24) is 9.71 Å². The molecule has 84 valence electrons. The highest BCUT2D eigenvalue weighted by Gasteiger charge is 2.12. The van der Waals surface area contributed by atoms with Crippen molar-refractivity contribution in [3.63, 3.8) is 0 Å². The maximum Gasteiger partial charge on any atom is 0.240 e. The molecule has 0 aliphatic heterocycles. The largest absolute Gasteiger partial charge is 0.444 e. The summed E-state index contributed by atoms with van der Waals surface area (Å²) < 4.78 is 30.5. The zero-order chi connectivity index (χ0) is 11.6. The lowest BCUT2D eigenvalue weighted by Gasteiger charge is -2.03. The first-order chi connectivity index (χ1) is 7.63. The summed E-state index contributed by atoms with van der Waals surface area (Å²) >= 11 is 0. The molecule has 2 aromatic rings. The summed E-state index contributed by atoms with van der Waals surface area (Å²) in [5.74, 6) is 0.535. The van der Waals surface area contributed by atoms with E-state index in [-0.39, 0.29) is 4.90 Å². The molecule has 0 amide bonds. The lowest BCUT2D eigenvalue weighted by molar-refractivity contribution is 0.571. The van der Waals surface area contributed by atoms with Gasteiger partial charge in [0.25, 0.3) is 0 Å². The summed E-state index contributed by atoms with van der Waals surface area (Å²) in [6.45, 7) is 0. The third kappa shape index (κ3) is 1.98. The van der Waals surface area contributed by atoms with Crippen LogP contribution in [-0.4, -0.2) is 20.4 Å². The van der Waals surface area contributed by atoms with Gasteiger partial charge in [-0.3, -0.25) is 0 Å². The van der Waals surface area contributed by atoms with Gasteiger partial charge in [-0.1, -0.05) is 12.1 Å². The molecule has 1 aromatic carbocycles. The Labute approximate surface area is 93.2 Å². The molecule has 0 unspecified atom stereocenters. The van der Waals surface area contributed by atoms with Crippen LogP contribution in [0.5, 0.6) is 0 Å². The quantitative estimate of drug-likeness (QED) is 0.873. The third-order valence-electron chi connectivity index (χ3n) is 2.13. The Balaban J connectivity index is 2.50.